The number of esters is 1. The van der Waals surface area contributed by atoms with Crippen molar-refractivity contribution in [3.8, 4) is 5.75 Å². The maximum atomic E-state index is 13.9. The molecule has 1 saturated heterocycles. The van der Waals surface area contributed by atoms with Gasteiger partial charge in [-0.05, 0) is 32.9 Å². The smallest absolute Gasteiger partial charge is 0.460 e. The van der Waals surface area contributed by atoms with E-state index < -0.39 is 59.3 Å². The van der Waals surface area contributed by atoms with Crippen molar-refractivity contribution < 1.29 is 33.0 Å². The average Bonchev–Trinajstić information content (AvgIpc) is 3.27. The highest BCUT2D eigenvalue weighted by atomic mass is 35.5. The topological polar surface area (TPSA) is 158 Å². The van der Waals surface area contributed by atoms with Crippen LogP contribution in [0.4, 0.5) is 0 Å². The van der Waals surface area contributed by atoms with Gasteiger partial charge in [-0.15, -0.1) is 11.6 Å². The molecule has 2 heterocycles. The van der Waals surface area contributed by atoms with Crippen LogP contribution in [0.25, 0.3) is 0 Å². The van der Waals surface area contributed by atoms with Crippen molar-refractivity contribution in [2.45, 2.75) is 55.1 Å². The second-order valence-electron chi connectivity index (χ2n) is 9.21. The molecule has 2 fully saturated rings. The summed E-state index contributed by atoms with van der Waals surface area (Å²) in [5, 5.41) is 14.0. The number of aromatic nitrogens is 2. The summed E-state index contributed by atoms with van der Waals surface area (Å²) in [6.07, 6.45) is -2.31. The van der Waals surface area contributed by atoms with Crippen LogP contribution in [-0.2, 0) is 23.4 Å². The van der Waals surface area contributed by atoms with Gasteiger partial charge in [-0.25, -0.2) is 9.36 Å². The van der Waals surface area contributed by atoms with Crippen molar-refractivity contribution in [2.75, 3.05) is 6.61 Å². The lowest BCUT2D eigenvalue weighted by atomic mass is 9.78. The fourth-order valence-electron chi connectivity index (χ4n) is 4.12. The number of ether oxygens (including phenoxy) is 2. The first kappa shape index (κ1) is 26.7. The molecule has 12 nitrogen and oxygen atoms in total. The molecule has 2 unspecified atom stereocenters. The summed E-state index contributed by atoms with van der Waals surface area (Å²) in [4.78, 5) is 38.2. The molecule has 4 rings (SSSR count). The minimum atomic E-state index is -4.36. The SMILES string of the molecule is B[C@@]1(Cl)[C@H](n2ccc(=O)[nH]c2=O)O[C@@H]2C(OP(=O)(NC(C)(C)C(=O)OCC)Oc3ccccc3)[C@@]21O. The van der Waals surface area contributed by atoms with Gasteiger partial charge in [0.1, 0.15) is 36.9 Å². The van der Waals surface area contributed by atoms with E-state index in [-0.39, 0.29) is 12.4 Å². The Balaban J connectivity index is 1.61. The normalized spacial score (nSPS) is 30.8. The zero-order chi connectivity index (χ0) is 26.5. The molecule has 1 aromatic carbocycles. The van der Waals surface area contributed by atoms with Gasteiger partial charge >= 0.3 is 19.4 Å². The summed E-state index contributed by atoms with van der Waals surface area (Å²) in [6.45, 7) is 4.62. The van der Waals surface area contributed by atoms with Crippen LogP contribution in [0.1, 0.15) is 27.0 Å². The zero-order valence-corrected chi connectivity index (χ0v) is 21.6. The molecule has 0 amide bonds. The van der Waals surface area contributed by atoms with Gasteiger partial charge in [0.2, 0.25) is 0 Å². The van der Waals surface area contributed by atoms with Crippen molar-refractivity contribution in [1.29, 1.82) is 0 Å². The van der Waals surface area contributed by atoms with Crippen molar-refractivity contribution in [3.63, 3.8) is 0 Å². The number of nitrogens with zero attached hydrogens (tertiary/aromatic N) is 1. The maximum absolute atomic E-state index is 13.9. The monoisotopic (exact) mass is 541 g/mol. The van der Waals surface area contributed by atoms with Crippen LogP contribution >= 0.6 is 19.3 Å². The molecule has 6 atom stereocenters. The number of hydrogen-bond acceptors (Lipinski definition) is 9. The third kappa shape index (κ3) is 4.55. The van der Waals surface area contributed by atoms with Crippen molar-refractivity contribution in [1.82, 2.24) is 14.6 Å². The molecule has 0 spiro atoms. The van der Waals surface area contributed by atoms with E-state index in [1.54, 1.807) is 25.1 Å². The summed E-state index contributed by atoms with van der Waals surface area (Å²) in [5.74, 6) is -0.519. The lowest BCUT2D eigenvalue weighted by Gasteiger charge is -2.34. The van der Waals surface area contributed by atoms with Gasteiger partial charge < -0.3 is 19.1 Å². The molecular weight excluding hydrogens is 515 g/mol. The maximum Gasteiger partial charge on any atom is 0.460 e. The number of H-pyrrole nitrogens is 1. The lowest BCUT2D eigenvalue weighted by molar-refractivity contribution is -0.149. The Morgan fingerprint density at radius 3 is 2.56 bits per heavy atom. The third-order valence-corrected chi connectivity index (χ3v) is 8.36. The number of aromatic amines is 1. The van der Waals surface area contributed by atoms with Crippen LogP contribution in [-0.4, -0.2) is 63.2 Å². The van der Waals surface area contributed by atoms with E-state index in [0.29, 0.717) is 0 Å². The van der Waals surface area contributed by atoms with E-state index in [2.05, 4.69) is 10.1 Å². The number of aliphatic hydroxyl groups is 1. The highest BCUT2D eigenvalue weighted by Crippen LogP contribution is 2.66. The number of fused-ring (bicyclic) bond motifs is 1. The average molecular weight is 542 g/mol. The van der Waals surface area contributed by atoms with Crippen molar-refractivity contribution >= 4 is 33.2 Å². The van der Waals surface area contributed by atoms with E-state index >= 15 is 0 Å². The fourth-order valence-corrected chi connectivity index (χ4v) is 6.38. The van der Waals surface area contributed by atoms with Crippen molar-refractivity contribution in [3.05, 3.63) is 63.4 Å². The molecule has 1 aromatic heterocycles. The fraction of sp³-hybridized carbons (Fsp3) is 0.476. The first-order valence-electron chi connectivity index (χ1n) is 11.1. The van der Waals surface area contributed by atoms with Crippen LogP contribution < -0.4 is 20.9 Å². The Labute approximate surface area is 211 Å². The van der Waals surface area contributed by atoms with Crippen LogP contribution in [0.5, 0.6) is 5.75 Å². The Morgan fingerprint density at radius 2 is 2.00 bits per heavy atom. The molecule has 15 heteroatoms. The number of halogens is 1. The summed E-state index contributed by atoms with van der Waals surface area (Å²) < 4.78 is 35.6. The Kier molecular flexibility index (Phi) is 6.78. The molecule has 1 saturated carbocycles. The number of hydrogen-bond donors (Lipinski definition) is 3. The molecule has 1 aliphatic heterocycles. The minimum absolute atomic E-state index is 0.100. The van der Waals surface area contributed by atoms with Crippen molar-refractivity contribution in [2.24, 2.45) is 0 Å². The predicted octanol–water partition coefficient (Wildman–Crippen LogP) is 0.250. The van der Waals surface area contributed by atoms with Gasteiger partial charge in [0.15, 0.2) is 6.23 Å². The molecule has 0 bridgehead atoms. The van der Waals surface area contributed by atoms with E-state index in [1.165, 1.54) is 40.0 Å². The van der Waals surface area contributed by atoms with Crippen LogP contribution in [0.3, 0.4) is 0 Å². The molecule has 194 valence electrons. The number of carbonyl (C=O) groups excluding carboxylic acids is 1. The number of alkyl halides is 1. The Morgan fingerprint density at radius 1 is 1.33 bits per heavy atom. The van der Waals surface area contributed by atoms with Gasteiger partial charge in [-0.2, -0.15) is 5.09 Å². The molecule has 0 radical (unpaired) electrons. The Hall–Kier alpha value is -2.41. The predicted molar refractivity (Wildman–Crippen MR) is 131 cm³/mol. The van der Waals surface area contributed by atoms with Gasteiger partial charge in [0, 0.05) is 12.3 Å². The number of nitrogens with one attached hydrogen (secondary N) is 2. The summed E-state index contributed by atoms with van der Waals surface area (Å²) in [5.41, 5.74) is -4.77. The second kappa shape index (κ2) is 9.16. The van der Waals surface area contributed by atoms with Crippen LogP contribution in [0.15, 0.2) is 52.2 Å². The summed E-state index contributed by atoms with van der Waals surface area (Å²) >= 11 is 6.69. The number of rotatable bonds is 9. The zero-order valence-electron chi connectivity index (χ0n) is 20.0. The number of para-hydroxylation sites is 1. The Bertz CT molecular complexity index is 1320. The summed E-state index contributed by atoms with van der Waals surface area (Å²) in [6, 6.07) is 9.23. The third-order valence-electron chi connectivity index (χ3n) is 6.08. The number of carbonyl (C=O) groups is 1. The lowest BCUT2D eigenvalue weighted by Crippen LogP contribution is -2.50. The molecule has 2 aromatic rings. The standard InChI is InChI=1S/C21H26BClN3O9P/c1-4-32-17(28)19(2,3)25-36(31,34-12-8-6-5-7-9-12)35-15-14-20(15,30)21(22,23)16(33-14)26-11-10-13(27)24-18(26)29/h5-11,14-16,30H,4,22H2,1-3H3,(H,25,31)(H,24,27,29)/t14-,15?,16-,20+,21-,36?/m1/s1. The van der Waals surface area contributed by atoms with Gasteiger partial charge in [0.25, 0.3) is 5.56 Å². The highest BCUT2D eigenvalue weighted by molar-refractivity contribution is 7.52. The molecule has 2 aliphatic rings. The molecular formula is C21H26BClN3O9P. The largest absolute Gasteiger partial charge is 0.465 e. The number of benzene rings is 1. The molecule has 3 N–H and O–H groups in total. The second-order valence-corrected chi connectivity index (χ2v) is 11.6. The van der Waals surface area contributed by atoms with E-state index in [0.717, 1.165) is 10.6 Å². The van der Waals surface area contributed by atoms with Gasteiger partial charge in [-0.3, -0.25) is 23.7 Å². The van der Waals surface area contributed by atoms with Crippen LogP contribution in [0.2, 0.25) is 0 Å². The van der Waals surface area contributed by atoms with Gasteiger partial charge in [-0.1, -0.05) is 18.2 Å². The van der Waals surface area contributed by atoms with Gasteiger partial charge in [0.05, 0.1) is 11.4 Å². The van der Waals surface area contributed by atoms with Crippen LogP contribution in [0, 0.1) is 0 Å². The minimum Gasteiger partial charge on any atom is -0.465 e. The van der Waals surface area contributed by atoms with E-state index in [1.807, 2.05) is 0 Å². The molecule has 1 aliphatic carbocycles. The summed E-state index contributed by atoms with van der Waals surface area (Å²) in [7, 11) is -2.93. The highest BCUT2D eigenvalue weighted by Gasteiger charge is 2.83. The van der Waals surface area contributed by atoms with E-state index in [4.69, 9.17) is 30.1 Å². The van der Waals surface area contributed by atoms with E-state index in [9.17, 15) is 24.1 Å². The quantitative estimate of drug-likeness (QED) is 0.174. The molecule has 36 heavy (non-hydrogen) atoms. The first-order valence-corrected chi connectivity index (χ1v) is 13.1. The first-order chi connectivity index (χ1) is 16.7.